The van der Waals surface area contributed by atoms with Gasteiger partial charge in [0, 0.05) is 5.54 Å². The highest BCUT2D eigenvalue weighted by molar-refractivity contribution is 7.32. The number of nitrogens with two attached hydrogens (primary N) is 1. The van der Waals surface area contributed by atoms with Crippen LogP contribution in [-0.2, 0) is 28.4 Å². The topological polar surface area (TPSA) is 72.5 Å². The Bertz CT molecular complexity index is 952. The maximum absolute atomic E-state index is 10.8. The van der Waals surface area contributed by atoms with Gasteiger partial charge in [-0.1, -0.05) is 47.9 Å². The molecule has 0 aromatic heterocycles. The standard InChI is InChI=1S/C26H37BNO3P/c27-25-6-2-5-19(16-25)3-1-4-20-7-8-22-17-23(10-9-21(22)15-20)24-11-12-26(28,18-24)13-14-31-32(29)30/h2,5-6,9-10,16-17,20,24,32H,1,3-4,7-8,11-15,18,27-28H2,(H,29,30)/t20-,24-,26-/m0/s1. The van der Waals surface area contributed by atoms with Crippen LogP contribution in [0.3, 0.4) is 0 Å². The lowest BCUT2D eigenvalue weighted by atomic mass is 9.79. The van der Waals surface area contributed by atoms with E-state index in [1.165, 1.54) is 60.7 Å². The third-order valence-electron chi connectivity index (χ3n) is 7.66. The number of hydrogen-bond acceptors (Lipinski definition) is 3. The third-order valence-corrected chi connectivity index (χ3v) is 8.11. The molecule has 1 fully saturated rings. The number of hydrogen-bond donors (Lipinski definition) is 2. The molecule has 2 aliphatic carbocycles. The summed E-state index contributed by atoms with van der Waals surface area (Å²) >= 11 is 0. The Labute approximate surface area is 194 Å². The van der Waals surface area contributed by atoms with Crippen molar-refractivity contribution in [2.45, 2.75) is 75.7 Å². The summed E-state index contributed by atoms with van der Waals surface area (Å²) in [4.78, 5) is 8.86. The average Bonchev–Trinajstić information content (AvgIpc) is 3.15. The van der Waals surface area contributed by atoms with E-state index in [2.05, 4.69) is 50.3 Å². The summed E-state index contributed by atoms with van der Waals surface area (Å²) in [6.07, 6.45) is 11.1. The van der Waals surface area contributed by atoms with Gasteiger partial charge in [0.25, 0.3) is 0 Å². The summed E-state index contributed by atoms with van der Waals surface area (Å²) < 4.78 is 15.7. The minimum atomic E-state index is -2.86. The number of aryl methyl sites for hydroxylation is 2. The van der Waals surface area contributed by atoms with Gasteiger partial charge in [0.1, 0.15) is 7.85 Å². The van der Waals surface area contributed by atoms with E-state index >= 15 is 0 Å². The van der Waals surface area contributed by atoms with Crippen molar-refractivity contribution >= 4 is 21.6 Å². The van der Waals surface area contributed by atoms with E-state index in [9.17, 15) is 4.57 Å². The Morgan fingerprint density at radius 2 is 2.06 bits per heavy atom. The smallest absolute Gasteiger partial charge is 0.316 e. The molecule has 4 atom stereocenters. The van der Waals surface area contributed by atoms with E-state index in [1.807, 2.05) is 0 Å². The molecule has 4 rings (SSSR count). The van der Waals surface area contributed by atoms with Crippen LogP contribution in [0.1, 0.15) is 73.1 Å². The molecular formula is C26H37BNO3P. The lowest BCUT2D eigenvalue weighted by Gasteiger charge is -2.27. The predicted octanol–water partition coefficient (Wildman–Crippen LogP) is 3.83. The maximum atomic E-state index is 10.8. The van der Waals surface area contributed by atoms with Gasteiger partial charge in [-0.25, -0.2) is 0 Å². The molecule has 0 amide bonds. The Hall–Kier alpha value is -1.39. The fourth-order valence-corrected chi connectivity index (χ4v) is 6.10. The zero-order valence-corrected chi connectivity index (χ0v) is 20.3. The van der Waals surface area contributed by atoms with Gasteiger partial charge in [-0.05, 0) is 98.3 Å². The zero-order chi connectivity index (χ0) is 22.6. The Morgan fingerprint density at radius 3 is 2.88 bits per heavy atom. The molecule has 0 heterocycles. The zero-order valence-electron chi connectivity index (χ0n) is 19.3. The first-order valence-electron chi connectivity index (χ1n) is 12.2. The fourth-order valence-electron chi connectivity index (χ4n) is 5.82. The van der Waals surface area contributed by atoms with Crippen molar-refractivity contribution < 1.29 is 14.0 Å². The minimum absolute atomic E-state index is 0.271. The molecule has 32 heavy (non-hydrogen) atoms. The monoisotopic (exact) mass is 453 g/mol. The van der Waals surface area contributed by atoms with Crippen molar-refractivity contribution in [2.24, 2.45) is 11.7 Å². The van der Waals surface area contributed by atoms with E-state index in [4.69, 9.17) is 15.2 Å². The second-order valence-corrected chi connectivity index (χ2v) is 11.0. The third kappa shape index (κ3) is 6.35. The predicted molar refractivity (Wildman–Crippen MR) is 135 cm³/mol. The summed E-state index contributed by atoms with van der Waals surface area (Å²) in [5.74, 6) is 1.30. The summed E-state index contributed by atoms with van der Waals surface area (Å²) in [7, 11) is -0.688. The van der Waals surface area contributed by atoms with Gasteiger partial charge in [0.05, 0.1) is 6.61 Å². The van der Waals surface area contributed by atoms with E-state index < -0.39 is 8.25 Å². The van der Waals surface area contributed by atoms with Crippen LogP contribution in [0.4, 0.5) is 0 Å². The quantitative estimate of drug-likeness (QED) is 0.447. The molecule has 1 unspecified atom stereocenters. The Balaban J connectivity index is 1.28. The number of benzene rings is 2. The highest BCUT2D eigenvalue weighted by Crippen LogP contribution is 2.42. The average molecular weight is 453 g/mol. The van der Waals surface area contributed by atoms with Crippen LogP contribution in [0.25, 0.3) is 0 Å². The van der Waals surface area contributed by atoms with Crippen LogP contribution in [0.5, 0.6) is 0 Å². The van der Waals surface area contributed by atoms with Gasteiger partial charge in [0.15, 0.2) is 0 Å². The van der Waals surface area contributed by atoms with Gasteiger partial charge < -0.3 is 15.2 Å². The van der Waals surface area contributed by atoms with Crippen LogP contribution < -0.4 is 11.2 Å². The number of fused-ring (bicyclic) bond motifs is 1. The second kappa shape index (κ2) is 10.7. The van der Waals surface area contributed by atoms with Crippen LogP contribution in [0, 0.1) is 5.92 Å². The highest BCUT2D eigenvalue weighted by atomic mass is 31.1. The SMILES string of the molecule is Bc1cccc(CCC[C@H]2CCc3cc([C@H]4CC[C@](N)(CCO[PH](=O)O)C4)ccc3C2)c1. The maximum Gasteiger partial charge on any atom is 0.316 e. The Kier molecular flexibility index (Phi) is 7.94. The molecule has 1 saturated carbocycles. The molecule has 0 aliphatic heterocycles. The first-order valence-corrected chi connectivity index (χ1v) is 13.5. The molecule has 3 N–H and O–H groups in total. The largest absolute Gasteiger partial charge is 0.326 e. The second-order valence-electron chi connectivity index (χ2n) is 10.2. The van der Waals surface area contributed by atoms with E-state index in [0.29, 0.717) is 12.3 Å². The van der Waals surface area contributed by atoms with Crippen molar-refractivity contribution in [1.29, 1.82) is 0 Å². The molecule has 2 aromatic rings. The number of rotatable bonds is 9. The fraction of sp³-hybridized carbons (Fsp3) is 0.538. The van der Waals surface area contributed by atoms with Crippen molar-refractivity contribution in [2.75, 3.05) is 6.61 Å². The molecule has 0 bridgehead atoms. The summed E-state index contributed by atoms with van der Waals surface area (Å²) in [6.45, 7) is 0.271. The van der Waals surface area contributed by atoms with E-state index in [1.54, 1.807) is 5.56 Å². The van der Waals surface area contributed by atoms with Gasteiger partial charge in [-0.2, -0.15) is 0 Å². The van der Waals surface area contributed by atoms with Crippen LogP contribution >= 0.6 is 8.25 Å². The van der Waals surface area contributed by atoms with Gasteiger partial charge in [-0.3, -0.25) is 4.57 Å². The first kappa shape index (κ1) is 23.8. The van der Waals surface area contributed by atoms with Crippen molar-refractivity contribution in [3.05, 3.63) is 64.7 Å². The van der Waals surface area contributed by atoms with Gasteiger partial charge in [0.2, 0.25) is 0 Å². The lowest BCUT2D eigenvalue weighted by molar-refractivity contribution is 0.240. The molecule has 6 heteroatoms. The molecule has 0 spiro atoms. The summed E-state index contributed by atoms with van der Waals surface area (Å²) in [5.41, 5.74) is 13.6. The van der Waals surface area contributed by atoms with E-state index in [-0.39, 0.29) is 12.1 Å². The van der Waals surface area contributed by atoms with Crippen LogP contribution in [0.2, 0.25) is 0 Å². The van der Waals surface area contributed by atoms with E-state index in [0.717, 1.165) is 25.2 Å². The van der Waals surface area contributed by atoms with Gasteiger partial charge >= 0.3 is 8.25 Å². The molecule has 2 aliphatic rings. The van der Waals surface area contributed by atoms with Crippen molar-refractivity contribution in [1.82, 2.24) is 0 Å². The molecular weight excluding hydrogens is 416 g/mol. The molecule has 4 nitrogen and oxygen atoms in total. The molecule has 172 valence electrons. The van der Waals surface area contributed by atoms with Crippen LogP contribution in [-0.4, -0.2) is 24.9 Å². The molecule has 0 saturated heterocycles. The minimum Gasteiger partial charge on any atom is -0.326 e. The normalized spacial score (nSPS) is 26.1. The molecule has 2 aromatic carbocycles. The van der Waals surface area contributed by atoms with Crippen molar-refractivity contribution in [3.63, 3.8) is 0 Å². The first-order chi connectivity index (χ1) is 15.4. The molecule has 0 radical (unpaired) electrons. The summed E-state index contributed by atoms with van der Waals surface area (Å²) in [6, 6.07) is 16.1. The Morgan fingerprint density at radius 1 is 1.19 bits per heavy atom. The van der Waals surface area contributed by atoms with Crippen molar-refractivity contribution in [3.8, 4) is 0 Å². The van der Waals surface area contributed by atoms with Crippen LogP contribution in [0.15, 0.2) is 42.5 Å². The van der Waals surface area contributed by atoms with Gasteiger partial charge in [-0.15, -0.1) is 0 Å². The highest BCUT2D eigenvalue weighted by Gasteiger charge is 2.36. The summed E-state index contributed by atoms with van der Waals surface area (Å²) in [5, 5.41) is 0. The lowest BCUT2D eigenvalue weighted by Crippen LogP contribution is -2.37.